The van der Waals surface area contributed by atoms with Crippen LogP contribution in [-0.4, -0.2) is 30.8 Å². The molecule has 1 saturated heterocycles. The fourth-order valence-electron chi connectivity index (χ4n) is 4.39. The lowest BCUT2D eigenvalue weighted by molar-refractivity contribution is -0.137. The highest BCUT2D eigenvalue weighted by molar-refractivity contribution is 7.90. The van der Waals surface area contributed by atoms with E-state index >= 15 is 0 Å². The number of para-hydroxylation sites is 1. The summed E-state index contributed by atoms with van der Waals surface area (Å²) < 4.78 is 81.6. The zero-order valence-electron chi connectivity index (χ0n) is 18.7. The summed E-state index contributed by atoms with van der Waals surface area (Å²) in [5.41, 5.74) is -0.169. The number of hydrogen-bond acceptors (Lipinski definition) is 5. The largest absolute Gasteiger partial charge is 0.416 e. The molecule has 7 nitrogen and oxygen atoms in total. The maximum atomic E-state index is 13.6. The van der Waals surface area contributed by atoms with Crippen molar-refractivity contribution in [2.45, 2.75) is 23.7 Å². The van der Waals surface area contributed by atoms with E-state index < -0.39 is 51.2 Å². The van der Waals surface area contributed by atoms with Crippen molar-refractivity contribution in [1.29, 1.82) is 0 Å². The van der Waals surface area contributed by atoms with Gasteiger partial charge < -0.3 is 10.2 Å². The number of Topliss-reactive ketones (excluding diaryl/α,β-unsaturated/α-hetero) is 1. The van der Waals surface area contributed by atoms with Crippen LogP contribution >= 0.6 is 0 Å². The number of fused-ring (bicyclic) bond motifs is 1. The van der Waals surface area contributed by atoms with E-state index in [1.807, 2.05) is 0 Å². The maximum absolute atomic E-state index is 13.6. The van der Waals surface area contributed by atoms with Crippen LogP contribution in [0.5, 0.6) is 0 Å². The molecule has 1 fully saturated rings. The summed E-state index contributed by atoms with van der Waals surface area (Å²) in [6, 6.07) is 13.5. The number of anilines is 1. The summed E-state index contributed by atoms with van der Waals surface area (Å²) in [5, 5.41) is 2.76. The van der Waals surface area contributed by atoms with Gasteiger partial charge in [-0.3, -0.25) is 9.59 Å². The highest BCUT2D eigenvalue weighted by atomic mass is 32.2. The van der Waals surface area contributed by atoms with Crippen molar-refractivity contribution in [1.82, 2.24) is 4.90 Å². The van der Waals surface area contributed by atoms with E-state index in [2.05, 4.69) is 9.71 Å². The number of rotatable bonds is 4. The molecule has 5 rings (SSSR count). The number of sulfonamides is 1. The first-order valence-corrected chi connectivity index (χ1v) is 12.4. The third-order valence-electron chi connectivity index (χ3n) is 6.14. The summed E-state index contributed by atoms with van der Waals surface area (Å²) in [4.78, 5) is 28.2. The summed E-state index contributed by atoms with van der Waals surface area (Å²) in [5.74, 6) is -4.07. The molecule has 0 aliphatic carbocycles. The molecule has 2 aliphatic rings. The second kappa shape index (κ2) is 8.80. The minimum atomic E-state index is -4.55. The van der Waals surface area contributed by atoms with Crippen molar-refractivity contribution >= 4 is 33.2 Å². The van der Waals surface area contributed by atoms with Gasteiger partial charge in [0, 0.05) is 6.54 Å². The average molecular weight is 531 g/mol. The molecular formula is C25H17F4N3O4S. The zero-order valence-corrected chi connectivity index (χ0v) is 19.6. The summed E-state index contributed by atoms with van der Waals surface area (Å²) in [7, 11) is -4.21. The molecule has 0 spiro atoms. The van der Waals surface area contributed by atoms with Crippen LogP contribution in [0.1, 0.15) is 22.7 Å². The number of nitrogens with zero attached hydrogens (tertiary/aromatic N) is 2. The maximum Gasteiger partial charge on any atom is 0.416 e. The smallest absolute Gasteiger partial charge is 0.341 e. The number of ketones is 1. The van der Waals surface area contributed by atoms with Crippen LogP contribution in [0.2, 0.25) is 0 Å². The van der Waals surface area contributed by atoms with Gasteiger partial charge in [0.1, 0.15) is 22.6 Å². The number of amides is 1. The van der Waals surface area contributed by atoms with Crippen LogP contribution in [0.3, 0.4) is 0 Å². The van der Waals surface area contributed by atoms with Gasteiger partial charge in [-0.2, -0.15) is 21.6 Å². The molecule has 37 heavy (non-hydrogen) atoms. The van der Waals surface area contributed by atoms with E-state index in [0.717, 1.165) is 29.2 Å². The summed E-state index contributed by atoms with van der Waals surface area (Å²) >= 11 is 0. The summed E-state index contributed by atoms with van der Waals surface area (Å²) in [6.07, 6.45) is -4.55. The van der Waals surface area contributed by atoms with E-state index in [4.69, 9.17) is 0 Å². The first-order valence-electron chi connectivity index (χ1n) is 10.9. The average Bonchev–Trinajstić information content (AvgIpc) is 3.08. The third-order valence-corrected chi connectivity index (χ3v) is 7.48. The van der Waals surface area contributed by atoms with Crippen molar-refractivity contribution in [3.63, 3.8) is 0 Å². The Hall–Kier alpha value is -4.06. The second-order valence-electron chi connectivity index (χ2n) is 8.52. The van der Waals surface area contributed by atoms with E-state index in [1.54, 1.807) is 6.07 Å². The molecule has 3 aromatic rings. The highest BCUT2D eigenvalue weighted by Crippen LogP contribution is 2.38. The van der Waals surface area contributed by atoms with E-state index in [9.17, 15) is 35.6 Å². The standard InChI is InChI=1S/C25H17F4N3O4S/c26-17-11-7-15(8-12-17)21-22(33)20(23-30-18-3-1-2-4-19(18)37(35,36)31-23)24(34)32(21)13-14-5-9-16(10-6-14)25(27,28)29/h1-12,20-21H,13H2,(H,30,31)/t20?,21-/m0/s1. The van der Waals surface area contributed by atoms with Crippen LogP contribution in [0.4, 0.5) is 23.2 Å². The van der Waals surface area contributed by atoms with Gasteiger partial charge in [-0.1, -0.05) is 36.4 Å². The van der Waals surface area contributed by atoms with Gasteiger partial charge in [-0.05, 0) is 47.5 Å². The Morgan fingerprint density at radius 3 is 2.22 bits per heavy atom. The molecule has 12 heteroatoms. The minimum absolute atomic E-state index is 0.117. The van der Waals surface area contributed by atoms with Gasteiger partial charge >= 0.3 is 6.18 Å². The molecule has 0 aromatic heterocycles. The molecule has 0 saturated carbocycles. The number of alkyl halides is 3. The monoisotopic (exact) mass is 531 g/mol. The first kappa shape index (κ1) is 24.6. The molecule has 2 heterocycles. The lowest BCUT2D eigenvalue weighted by Gasteiger charge is -2.24. The van der Waals surface area contributed by atoms with Gasteiger partial charge in [0.05, 0.1) is 11.3 Å². The Bertz CT molecular complexity index is 1540. The normalized spacial score (nSPS) is 20.9. The number of likely N-dealkylation sites (tertiary alicyclic amines) is 1. The van der Waals surface area contributed by atoms with Gasteiger partial charge in [-0.25, -0.2) is 4.39 Å². The molecule has 1 amide bonds. The van der Waals surface area contributed by atoms with Crippen LogP contribution in [0.25, 0.3) is 0 Å². The predicted octanol–water partition coefficient (Wildman–Crippen LogP) is 4.33. The number of carbonyl (C=O) groups is 2. The van der Waals surface area contributed by atoms with E-state index in [1.165, 1.54) is 42.5 Å². The molecule has 3 aromatic carbocycles. The van der Waals surface area contributed by atoms with Gasteiger partial charge in [-0.15, -0.1) is 4.40 Å². The summed E-state index contributed by atoms with van der Waals surface area (Å²) in [6.45, 7) is -0.252. The van der Waals surface area contributed by atoms with Gasteiger partial charge in [0.15, 0.2) is 11.7 Å². The third kappa shape index (κ3) is 4.48. The quantitative estimate of drug-likeness (QED) is 0.400. The van der Waals surface area contributed by atoms with Gasteiger partial charge in [0.2, 0.25) is 5.91 Å². The number of hydrogen-bond donors (Lipinski definition) is 1. The number of benzene rings is 3. The number of carbonyl (C=O) groups excluding carboxylic acids is 2. The SMILES string of the molecule is O=C1C(C2=NS(=O)(=O)c3ccccc3N2)C(=O)N(Cc2ccc(C(F)(F)F)cc2)[C@H]1c1ccc(F)cc1. The Morgan fingerprint density at radius 1 is 0.919 bits per heavy atom. The Balaban J connectivity index is 1.54. The van der Waals surface area contributed by atoms with Crippen molar-refractivity contribution < 1.29 is 35.6 Å². The molecule has 2 aliphatic heterocycles. The number of halogens is 4. The van der Waals surface area contributed by atoms with Crippen molar-refractivity contribution in [3.05, 3.63) is 95.3 Å². The Morgan fingerprint density at radius 2 is 1.57 bits per heavy atom. The Kier molecular flexibility index (Phi) is 5.86. The molecule has 1 unspecified atom stereocenters. The molecular weight excluding hydrogens is 514 g/mol. The lowest BCUT2D eigenvalue weighted by atomic mass is 9.96. The number of amidine groups is 1. The fraction of sp³-hybridized carbons (Fsp3) is 0.160. The van der Waals surface area contributed by atoms with Crippen LogP contribution in [0, 0.1) is 11.7 Å². The fourth-order valence-corrected chi connectivity index (χ4v) is 5.55. The molecule has 2 atom stereocenters. The highest BCUT2D eigenvalue weighted by Gasteiger charge is 2.51. The molecule has 1 N–H and O–H groups in total. The topological polar surface area (TPSA) is 95.9 Å². The second-order valence-corrected chi connectivity index (χ2v) is 10.1. The van der Waals surface area contributed by atoms with Crippen LogP contribution < -0.4 is 5.32 Å². The minimum Gasteiger partial charge on any atom is -0.341 e. The predicted molar refractivity (Wildman–Crippen MR) is 124 cm³/mol. The van der Waals surface area contributed by atoms with Gasteiger partial charge in [0.25, 0.3) is 10.0 Å². The van der Waals surface area contributed by atoms with Crippen molar-refractivity contribution in [2.75, 3.05) is 5.32 Å². The molecule has 0 bridgehead atoms. The first-order chi connectivity index (χ1) is 17.5. The molecule has 190 valence electrons. The van der Waals surface area contributed by atoms with E-state index in [-0.39, 0.29) is 28.5 Å². The lowest BCUT2D eigenvalue weighted by Crippen LogP contribution is -2.37. The Labute approximate surface area is 208 Å². The van der Waals surface area contributed by atoms with Crippen LogP contribution in [-0.2, 0) is 32.3 Å². The molecule has 0 radical (unpaired) electrons. The zero-order chi connectivity index (χ0) is 26.5. The van der Waals surface area contributed by atoms with Crippen molar-refractivity contribution in [2.24, 2.45) is 10.3 Å². The van der Waals surface area contributed by atoms with E-state index in [0.29, 0.717) is 5.56 Å². The number of nitrogens with one attached hydrogen (secondary N) is 1. The van der Waals surface area contributed by atoms with Crippen LogP contribution in [0.15, 0.2) is 82.1 Å². The van der Waals surface area contributed by atoms with Crippen molar-refractivity contribution in [3.8, 4) is 0 Å².